The van der Waals surface area contributed by atoms with Gasteiger partial charge in [0, 0.05) is 11.8 Å². The molecule has 0 spiro atoms. The molecule has 1 aromatic carbocycles. The molecule has 28 heavy (non-hydrogen) atoms. The molecule has 2 N–H and O–H groups in total. The third-order valence-corrected chi connectivity index (χ3v) is 5.73. The highest BCUT2D eigenvalue weighted by molar-refractivity contribution is 8.01. The molecule has 2 heterocycles. The molecule has 0 bridgehead atoms. The number of carbonyl (C=O) groups excluding carboxylic acids is 2. The average molecular weight is 418 g/mol. The molecule has 0 unspecified atom stereocenters. The van der Waals surface area contributed by atoms with Crippen LogP contribution in [0.4, 0.5) is 10.8 Å². The normalized spacial score (nSPS) is 10.7. The molecule has 3 rings (SSSR count). The molecular weight excluding hydrogens is 398 g/mol. The number of aryl methyl sites for hydroxylation is 4. The zero-order valence-corrected chi connectivity index (χ0v) is 17.5. The smallest absolute Gasteiger partial charge is 0.279 e. The third-order valence-electron chi connectivity index (χ3n) is 3.76. The maximum atomic E-state index is 12.3. The number of rotatable bonds is 6. The van der Waals surface area contributed by atoms with Crippen molar-refractivity contribution in [2.75, 3.05) is 16.4 Å². The van der Waals surface area contributed by atoms with E-state index in [-0.39, 0.29) is 17.4 Å². The van der Waals surface area contributed by atoms with Gasteiger partial charge >= 0.3 is 0 Å². The maximum absolute atomic E-state index is 12.3. The second kappa shape index (κ2) is 8.53. The number of nitrogens with zero attached hydrogens (tertiary/aromatic N) is 3. The van der Waals surface area contributed by atoms with Crippen molar-refractivity contribution in [3.05, 3.63) is 46.3 Å². The molecule has 0 saturated carbocycles. The molecule has 0 saturated heterocycles. The van der Waals surface area contributed by atoms with Crippen molar-refractivity contribution >= 4 is 45.7 Å². The summed E-state index contributed by atoms with van der Waals surface area (Å²) in [6.07, 6.45) is 0. The predicted molar refractivity (Wildman–Crippen MR) is 109 cm³/mol. The second-order valence-electron chi connectivity index (χ2n) is 6.26. The average Bonchev–Trinajstić information content (AvgIpc) is 3.25. The third kappa shape index (κ3) is 4.96. The van der Waals surface area contributed by atoms with Crippen LogP contribution in [-0.4, -0.2) is 32.9 Å². The summed E-state index contributed by atoms with van der Waals surface area (Å²) in [6.45, 7) is 7.67. The first-order chi connectivity index (χ1) is 13.3. The molecule has 146 valence electrons. The Morgan fingerprint density at radius 3 is 2.43 bits per heavy atom. The Morgan fingerprint density at radius 1 is 1.07 bits per heavy atom. The SMILES string of the molecule is Cc1cc(C)c(NC(=O)CSc2nnc(NC(=O)c3cc(C)on3)s2)c(C)c1. The van der Waals surface area contributed by atoms with E-state index in [1.54, 1.807) is 6.92 Å². The molecule has 0 aliphatic carbocycles. The minimum Gasteiger partial charge on any atom is -0.361 e. The Hall–Kier alpha value is -2.72. The highest BCUT2D eigenvalue weighted by Gasteiger charge is 2.15. The lowest BCUT2D eigenvalue weighted by molar-refractivity contribution is -0.113. The number of hydrogen-bond donors (Lipinski definition) is 2. The summed E-state index contributed by atoms with van der Waals surface area (Å²) in [4.78, 5) is 24.3. The number of benzene rings is 1. The van der Waals surface area contributed by atoms with Gasteiger partial charge in [-0.1, -0.05) is 46.0 Å². The number of amides is 2. The van der Waals surface area contributed by atoms with Gasteiger partial charge in [0.2, 0.25) is 11.0 Å². The van der Waals surface area contributed by atoms with E-state index in [0.717, 1.165) is 22.4 Å². The van der Waals surface area contributed by atoms with Crippen LogP contribution < -0.4 is 10.6 Å². The monoisotopic (exact) mass is 417 g/mol. The van der Waals surface area contributed by atoms with Crippen molar-refractivity contribution < 1.29 is 14.1 Å². The van der Waals surface area contributed by atoms with E-state index in [0.29, 0.717) is 15.2 Å². The fraction of sp³-hybridized carbons (Fsp3) is 0.278. The molecule has 0 aliphatic heterocycles. The lowest BCUT2D eigenvalue weighted by atomic mass is 10.1. The van der Waals surface area contributed by atoms with E-state index < -0.39 is 5.91 Å². The van der Waals surface area contributed by atoms with E-state index >= 15 is 0 Å². The van der Waals surface area contributed by atoms with Crippen LogP contribution in [0.3, 0.4) is 0 Å². The predicted octanol–water partition coefficient (Wildman–Crippen LogP) is 3.74. The van der Waals surface area contributed by atoms with Crippen molar-refractivity contribution in [2.45, 2.75) is 32.0 Å². The summed E-state index contributed by atoms with van der Waals surface area (Å²) in [5.74, 6) is 0.188. The van der Waals surface area contributed by atoms with E-state index in [9.17, 15) is 9.59 Å². The molecular formula is C18H19N5O3S2. The summed E-state index contributed by atoms with van der Waals surface area (Å²) in [5.41, 5.74) is 4.22. The first-order valence-corrected chi connectivity index (χ1v) is 10.2. The minimum atomic E-state index is -0.424. The Kier molecular flexibility index (Phi) is 6.10. The van der Waals surface area contributed by atoms with Crippen LogP contribution in [0.1, 0.15) is 32.9 Å². The first-order valence-electron chi connectivity index (χ1n) is 8.40. The van der Waals surface area contributed by atoms with Crippen LogP contribution >= 0.6 is 23.1 Å². The number of aromatic nitrogens is 3. The van der Waals surface area contributed by atoms with Crippen LogP contribution in [0.5, 0.6) is 0 Å². The van der Waals surface area contributed by atoms with Gasteiger partial charge in [0.1, 0.15) is 5.76 Å². The van der Waals surface area contributed by atoms with Gasteiger partial charge in [-0.25, -0.2) is 0 Å². The van der Waals surface area contributed by atoms with E-state index in [2.05, 4.69) is 26.0 Å². The van der Waals surface area contributed by atoms with Gasteiger partial charge in [0.05, 0.1) is 5.75 Å². The van der Waals surface area contributed by atoms with Gasteiger partial charge in [0.25, 0.3) is 5.91 Å². The molecule has 10 heteroatoms. The molecule has 0 aliphatic rings. The van der Waals surface area contributed by atoms with Gasteiger partial charge in [-0.2, -0.15) is 0 Å². The maximum Gasteiger partial charge on any atom is 0.279 e. The lowest BCUT2D eigenvalue weighted by Gasteiger charge is -2.12. The van der Waals surface area contributed by atoms with Gasteiger partial charge < -0.3 is 9.84 Å². The van der Waals surface area contributed by atoms with Crippen LogP contribution in [0.25, 0.3) is 0 Å². The van der Waals surface area contributed by atoms with Crippen LogP contribution in [-0.2, 0) is 4.79 Å². The van der Waals surface area contributed by atoms with Crippen molar-refractivity contribution in [2.24, 2.45) is 0 Å². The molecule has 2 amide bonds. The van der Waals surface area contributed by atoms with Gasteiger partial charge in [0.15, 0.2) is 10.0 Å². The van der Waals surface area contributed by atoms with Crippen molar-refractivity contribution in [1.29, 1.82) is 0 Å². The summed E-state index contributed by atoms with van der Waals surface area (Å²) < 4.78 is 5.46. The summed E-state index contributed by atoms with van der Waals surface area (Å²) >= 11 is 2.45. The highest BCUT2D eigenvalue weighted by Crippen LogP contribution is 2.27. The van der Waals surface area contributed by atoms with Crippen molar-refractivity contribution in [3.63, 3.8) is 0 Å². The molecule has 3 aromatic rings. The number of carbonyl (C=O) groups is 2. The van der Waals surface area contributed by atoms with E-state index in [1.165, 1.54) is 29.2 Å². The topological polar surface area (TPSA) is 110 Å². The zero-order chi connectivity index (χ0) is 20.3. The summed E-state index contributed by atoms with van der Waals surface area (Å²) in [5, 5.41) is 17.4. The fourth-order valence-corrected chi connectivity index (χ4v) is 4.18. The molecule has 8 nitrogen and oxygen atoms in total. The summed E-state index contributed by atoms with van der Waals surface area (Å²) in [6, 6.07) is 5.60. The van der Waals surface area contributed by atoms with Crippen molar-refractivity contribution in [3.8, 4) is 0 Å². The van der Waals surface area contributed by atoms with Crippen LogP contribution in [0.15, 0.2) is 27.1 Å². The van der Waals surface area contributed by atoms with Gasteiger partial charge in [-0.15, -0.1) is 10.2 Å². The second-order valence-corrected chi connectivity index (χ2v) is 8.46. The quantitative estimate of drug-likeness (QED) is 0.464. The lowest BCUT2D eigenvalue weighted by Crippen LogP contribution is -2.15. The zero-order valence-electron chi connectivity index (χ0n) is 15.8. The van der Waals surface area contributed by atoms with Gasteiger partial charge in [-0.05, 0) is 38.8 Å². The molecule has 2 aromatic heterocycles. The number of anilines is 2. The number of thioether (sulfide) groups is 1. The Balaban J connectivity index is 1.54. The number of nitrogens with one attached hydrogen (secondary N) is 2. The highest BCUT2D eigenvalue weighted by atomic mass is 32.2. The standard InChI is InChI=1S/C18H19N5O3S2/c1-9-5-10(2)15(11(3)6-9)19-14(24)8-27-18-22-21-17(28-18)20-16(25)13-7-12(4)26-23-13/h5-7H,8H2,1-4H3,(H,19,24)(H,20,21,25). The van der Waals surface area contributed by atoms with E-state index in [1.807, 2.05) is 32.9 Å². The summed E-state index contributed by atoms with van der Waals surface area (Å²) in [7, 11) is 0. The van der Waals surface area contributed by atoms with Gasteiger partial charge in [-0.3, -0.25) is 14.9 Å². The van der Waals surface area contributed by atoms with Crippen LogP contribution in [0, 0.1) is 27.7 Å². The van der Waals surface area contributed by atoms with E-state index in [4.69, 9.17) is 4.52 Å². The molecule has 0 fully saturated rings. The van der Waals surface area contributed by atoms with Crippen molar-refractivity contribution in [1.82, 2.24) is 15.4 Å². The number of hydrogen-bond acceptors (Lipinski definition) is 8. The Labute approximate surface area is 170 Å². The molecule has 0 radical (unpaired) electrons. The first kappa shape index (κ1) is 20.0. The largest absolute Gasteiger partial charge is 0.361 e. The Morgan fingerprint density at radius 2 is 1.79 bits per heavy atom. The molecule has 0 atom stereocenters. The Bertz CT molecular complexity index is 1000. The minimum absolute atomic E-state index is 0.126. The fourth-order valence-electron chi connectivity index (χ4n) is 2.63. The van der Waals surface area contributed by atoms with Crippen LogP contribution in [0.2, 0.25) is 0 Å².